The topological polar surface area (TPSA) is 75.4 Å². The molecule has 0 aliphatic rings. The minimum atomic E-state index is -0.764. The van der Waals surface area contributed by atoms with Crippen molar-refractivity contribution in [3.05, 3.63) is 88.8 Å². The zero-order valence-electron chi connectivity index (χ0n) is 14.0. The minimum absolute atomic E-state index is 0.114. The Morgan fingerprint density at radius 3 is 2.60 bits per heavy atom. The Balaban J connectivity index is 1.55. The van der Waals surface area contributed by atoms with Gasteiger partial charge >= 0.3 is 0 Å². The van der Waals surface area contributed by atoms with E-state index in [1.807, 2.05) is 61.5 Å². The van der Waals surface area contributed by atoms with Gasteiger partial charge in [0.1, 0.15) is 5.76 Å². The third kappa shape index (κ3) is 4.55. The lowest BCUT2D eigenvalue weighted by Crippen LogP contribution is -2.28. The van der Waals surface area contributed by atoms with Crippen LogP contribution in [0.1, 0.15) is 39.0 Å². The Morgan fingerprint density at radius 2 is 1.88 bits per heavy atom. The van der Waals surface area contributed by atoms with Crippen molar-refractivity contribution in [2.45, 2.75) is 19.4 Å². The van der Waals surface area contributed by atoms with E-state index in [1.54, 1.807) is 6.07 Å². The van der Waals surface area contributed by atoms with E-state index in [2.05, 4.69) is 10.5 Å². The Kier molecular flexibility index (Phi) is 5.26. The van der Waals surface area contributed by atoms with E-state index in [0.717, 1.165) is 16.7 Å². The summed E-state index contributed by atoms with van der Waals surface area (Å²) in [5.41, 5.74) is 3.17. The number of nitrogens with zero attached hydrogens (tertiary/aromatic N) is 1. The molecule has 0 spiro atoms. The molecule has 2 aromatic carbocycles. The fourth-order valence-corrected chi connectivity index (χ4v) is 2.49. The van der Waals surface area contributed by atoms with Crippen molar-refractivity contribution in [1.29, 1.82) is 0 Å². The molecule has 25 heavy (non-hydrogen) atoms. The van der Waals surface area contributed by atoms with Crippen LogP contribution < -0.4 is 5.32 Å². The van der Waals surface area contributed by atoms with Gasteiger partial charge in [-0.3, -0.25) is 4.79 Å². The first-order valence-corrected chi connectivity index (χ1v) is 8.14. The first-order chi connectivity index (χ1) is 12.1. The molecule has 0 bridgehead atoms. The highest BCUT2D eigenvalue weighted by atomic mass is 16.5. The molecule has 3 rings (SSSR count). The summed E-state index contributed by atoms with van der Waals surface area (Å²) in [6.45, 7) is 2.10. The Morgan fingerprint density at radius 1 is 1.16 bits per heavy atom. The Bertz CT molecular complexity index is 826. The molecule has 3 aromatic rings. The summed E-state index contributed by atoms with van der Waals surface area (Å²) < 4.78 is 5.22. The first kappa shape index (κ1) is 16.9. The molecule has 0 saturated heterocycles. The first-order valence-electron chi connectivity index (χ1n) is 8.14. The second-order valence-electron chi connectivity index (χ2n) is 5.98. The average molecular weight is 336 g/mol. The summed E-state index contributed by atoms with van der Waals surface area (Å²) in [7, 11) is 0. The van der Waals surface area contributed by atoms with Crippen molar-refractivity contribution in [3.8, 4) is 0 Å². The van der Waals surface area contributed by atoms with Gasteiger partial charge in [-0.15, -0.1) is 0 Å². The maximum Gasteiger partial charge on any atom is 0.273 e. The molecule has 5 nitrogen and oxygen atoms in total. The normalized spacial score (nSPS) is 11.9. The van der Waals surface area contributed by atoms with Crippen molar-refractivity contribution < 1.29 is 14.4 Å². The van der Waals surface area contributed by atoms with Crippen LogP contribution in [0.3, 0.4) is 0 Å². The summed E-state index contributed by atoms with van der Waals surface area (Å²) in [6.07, 6.45) is -0.187. The highest BCUT2D eigenvalue weighted by molar-refractivity contribution is 5.92. The maximum absolute atomic E-state index is 12.2. The molecule has 5 heteroatoms. The fraction of sp³-hybridized carbons (Fsp3) is 0.200. The van der Waals surface area contributed by atoms with Crippen LogP contribution in [0.25, 0.3) is 0 Å². The van der Waals surface area contributed by atoms with Gasteiger partial charge in [-0.05, 0) is 18.1 Å². The van der Waals surface area contributed by atoms with Gasteiger partial charge in [-0.1, -0.05) is 65.3 Å². The number of hydrogen-bond donors (Lipinski definition) is 2. The molecular weight excluding hydrogens is 316 g/mol. The van der Waals surface area contributed by atoms with Gasteiger partial charge in [0.05, 0.1) is 6.10 Å². The summed E-state index contributed by atoms with van der Waals surface area (Å²) in [5, 5.41) is 16.6. The van der Waals surface area contributed by atoms with Gasteiger partial charge in [0.15, 0.2) is 5.69 Å². The Labute approximate surface area is 146 Å². The molecule has 1 aromatic heterocycles. The zero-order chi connectivity index (χ0) is 17.6. The van der Waals surface area contributed by atoms with Gasteiger partial charge in [-0.2, -0.15) is 0 Å². The van der Waals surface area contributed by atoms with Gasteiger partial charge in [0.25, 0.3) is 5.91 Å². The van der Waals surface area contributed by atoms with Crippen LogP contribution in [0.4, 0.5) is 0 Å². The van der Waals surface area contributed by atoms with Crippen LogP contribution in [-0.2, 0) is 6.42 Å². The summed E-state index contributed by atoms with van der Waals surface area (Å²) in [4.78, 5) is 12.2. The summed E-state index contributed by atoms with van der Waals surface area (Å²) in [5.74, 6) is 0.254. The SMILES string of the molecule is Cc1ccc(C(O)CNC(=O)c2cc(Cc3ccccc3)on2)cc1. The fourth-order valence-electron chi connectivity index (χ4n) is 2.49. The second-order valence-corrected chi connectivity index (χ2v) is 5.98. The van der Waals surface area contributed by atoms with Crippen molar-refractivity contribution in [3.63, 3.8) is 0 Å². The number of aliphatic hydroxyl groups excluding tert-OH is 1. The van der Waals surface area contributed by atoms with Crippen LogP contribution in [0.15, 0.2) is 65.2 Å². The number of aliphatic hydroxyl groups is 1. The second kappa shape index (κ2) is 7.77. The Hall–Kier alpha value is -2.92. The third-order valence-corrected chi connectivity index (χ3v) is 3.93. The highest BCUT2D eigenvalue weighted by Crippen LogP contribution is 2.14. The van der Waals surface area contributed by atoms with Crippen LogP contribution in [-0.4, -0.2) is 22.7 Å². The lowest BCUT2D eigenvalue weighted by atomic mass is 10.1. The van der Waals surface area contributed by atoms with Crippen LogP contribution in [0.2, 0.25) is 0 Å². The van der Waals surface area contributed by atoms with Crippen LogP contribution >= 0.6 is 0 Å². The molecule has 0 aliphatic heterocycles. The molecule has 1 heterocycles. The van der Waals surface area contributed by atoms with Crippen LogP contribution in [0.5, 0.6) is 0 Å². The molecule has 0 saturated carbocycles. The quantitative estimate of drug-likeness (QED) is 0.725. The minimum Gasteiger partial charge on any atom is -0.387 e. The predicted octanol–water partition coefficient (Wildman–Crippen LogP) is 3.04. The largest absolute Gasteiger partial charge is 0.387 e. The molecule has 0 aliphatic carbocycles. The summed E-state index contributed by atoms with van der Waals surface area (Å²) >= 11 is 0. The number of benzene rings is 2. The van der Waals surface area contributed by atoms with E-state index in [0.29, 0.717) is 12.2 Å². The van der Waals surface area contributed by atoms with E-state index in [1.165, 1.54) is 0 Å². The number of nitrogens with one attached hydrogen (secondary N) is 1. The number of aryl methyl sites for hydroxylation is 1. The number of carbonyl (C=O) groups is 1. The van der Waals surface area contributed by atoms with Crippen molar-refractivity contribution >= 4 is 5.91 Å². The van der Waals surface area contributed by atoms with Crippen molar-refractivity contribution in [2.75, 3.05) is 6.54 Å². The van der Waals surface area contributed by atoms with Gasteiger partial charge in [-0.25, -0.2) is 0 Å². The monoisotopic (exact) mass is 336 g/mol. The van der Waals surface area contributed by atoms with E-state index in [-0.39, 0.29) is 18.1 Å². The van der Waals surface area contributed by atoms with E-state index in [4.69, 9.17) is 4.52 Å². The smallest absolute Gasteiger partial charge is 0.273 e. The number of carbonyl (C=O) groups excluding carboxylic acids is 1. The standard InChI is InChI=1S/C20H20N2O3/c1-14-7-9-16(10-8-14)19(23)13-21-20(24)18-12-17(25-22-18)11-15-5-3-2-4-6-15/h2-10,12,19,23H,11,13H2,1H3,(H,21,24). The highest BCUT2D eigenvalue weighted by Gasteiger charge is 2.15. The van der Waals surface area contributed by atoms with Gasteiger partial charge < -0.3 is 14.9 Å². The van der Waals surface area contributed by atoms with E-state index >= 15 is 0 Å². The summed E-state index contributed by atoms with van der Waals surface area (Å²) in [6, 6.07) is 19.0. The predicted molar refractivity (Wildman–Crippen MR) is 94.2 cm³/mol. The van der Waals surface area contributed by atoms with E-state index in [9.17, 15) is 9.90 Å². The van der Waals surface area contributed by atoms with Crippen molar-refractivity contribution in [1.82, 2.24) is 10.5 Å². The number of aromatic nitrogens is 1. The molecule has 0 fully saturated rings. The van der Waals surface area contributed by atoms with Gasteiger partial charge in [0, 0.05) is 19.0 Å². The third-order valence-electron chi connectivity index (χ3n) is 3.93. The molecule has 128 valence electrons. The lowest BCUT2D eigenvalue weighted by Gasteiger charge is -2.11. The molecule has 2 N–H and O–H groups in total. The zero-order valence-corrected chi connectivity index (χ0v) is 14.0. The molecular formula is C20H20N2O3. The van der Waals surface area contributed by atoms with Gasteiger partial charge in [0.2, 0.25) is 0 Å². The van der Waals surface area contributed by atoms with E-state index < -0.39 is 6.10 Å². The number of amides is 1. The molecule has 1 atom stereocenters. The average Bonchev–Trinajstić information content (AvgIpc) is 3.09. The van der Waals surface area contributed by atoms with Crippen molar-refractivity contribution in [2.24, 2.45) is 0 Å². The number of hydrogen-bond acceptors (Lipinski definition) is 4. The molecule has 0 radical (unpaired) electrons. The maximum atomic E-state index is 12.2. The van der Waals surface area contributed by atoms with Crippen LogP contribution in [0, 0.1) is 6.92 Å². The molecule has 1 amide bonds. The lowest BCUT2D eigenvalue weighted by molar-refractivity contribution is 0.0907. The number of rotatable bonds is 6. The molecule has 1 unspecified atom stereocenters.